The Morgan fingerprint density at radius 3 is 2.79 bits per heavy atom. The van der Waals surface area contributed by atoms with Gasteiger partial charge in [0, 0.05) is 35.6 Å². The van der Waals surface area contributed by atoms with Crippen molar-refractivity contribution in [3.63, 3.8) is 0 Å². The number of aromatic hydroxyl groups is 1. The number of allylic oxidation sites excluding steroid dienone is 4. The molecule has 0 amide bonds. The van der Waals surface area contributed by atoms with Gasteiger partial charge in [0.2, 0.25) is 0 Å². The lowest BCUT2D eigenvalue weighted by Crippen LogP contribution is -2.32. The maximum atomic E-state index is 12.9. The largest absolute Gasteiger partial charge is 0.507 e. The first-order valence-electron chi connectivity index (χ1n) is 9.21. The van der Waals surface area contributed by atoms with E-state index in [0.29, 0.717) is 11.1 Å². The number of nitrogens with one attached hydrogen (secondary N) is 1. The van der Waals surface area contributed by atoms with Crippen molar-refractivity contribution in [3.05, 3.63) is 94.5 Å². The molecule has 0 spiro atoms. The summed E-state index contributed by atoms with van der Waals surface area (Å²) in [5.41, 5.74) is 5.28. The summed E-state index contributed by atoms with van der Waals surface area (Å²) in [6.45, 7) is 0.718. The van der Waals surface area contributed by atoms with E-state index >= 15 is 0 Å². The third kappa shape index (κ3) is 2.35. The van der Waals surface area contributed by atoms with Crippen LogP contribution in [-0.2, 0) is 0 Å². The number of phenols is 1. The van der Waals surface area contributed by atoms with Gasteiger partial charge in [0.15, 0.2) is 5.78 Å². The first-order valence-corrected chi connectivity index (χ1v) is 9.21. The molecule has 5 nitrogen and oxygen atoms in total. The highest BCUT2D eigenvalue weighted by Gasteiger charge is 2.37. The molecule has 1 unspecified atom stereocenters. The van der Waals surface area contributed by atoms with Gasteiger partial charge in [-0.25, -0.2) is 0 Å². The molecule has 136 valence electrons. The fraction of sp³-hybridized carbons (Fsp3) is 0.130. The van der Waals surface area contributed by atoms with Crippen LogP contribution in [0.5, 0.6) is 5.75 Å². The minimum absolute atomic E-state index is 0.0592. The highest BCUT2D eigenvalue weighted by atomic mass is 16.3. The Kier molecular flexibility index (Phi) is 3.59. The van der Waals surface area contributed by atoms with Gasteiger partial charge in [-0.2, -0.15) is 5.26 Å². The second kappa shape index (κ2) is 6.14. The lowest BCUT2D eigenvalue weighted by Gasteiger charge is -2.35. The third-order valence-corrected chi connectivity index (χ3v) is 5.54. The Morgan fingerprint density at radius 1 is 1.18 bits per heavy atom. The predicted molar refractivity (Wildman–Crippen MR) is 105 cm³/mol. The maximum absolute atomic E-state index is 12.9. The molecule has 3 heterocycles. The zero-order valence-electron chi connectivity index (χ0n) is 15.0. The predicted octanol–water partition coefficient (Wildman–Crippen LogP) is 4.05. The fourth-order valence-electron chi connectivity index (χ4n) is 4.25. The number of carbonyl (C=O) groups excluding carboxylic acids is 1. The number of ketones is 1. The van der Waals surface area contributed by atoms with Gasteiger partial charge in [-0.1, -0.05) is 30.3 Å². The molecule has 3 aliphatic rings. The summed E-state index contributed by atoms with van der Waals surface area (Å²) >= 11 is 0. The minimum atomic E-state index is -0.292. The molecular weight excluding hydrogens is 350 g/mol. The zero-order valence-corrected chi connectivity index (χ0v) is 15.0. The quantitative estimate of drug-likeness (QED) is 0.783. The number of nitriles is 1. The van der Waals surface area contributed by atoms with Crippen molar-refractivity contribution < 1.29 is 9.90 Å². The Bertz CT molecular complexity index is 1150. The van der Waals surface area contributed by atoms with Crippen LogP contribution in [0.1, 0.15) is 28.3 Å². The van der Waals surface area contributed by atoms with Crippen LogP contribution in [0.4, 0.5) is 5.69 Å². The van der Waals surface area contributed by atoms with E-state index in [4.69, 9.17) is 0 Å². The molecule has 0 aromatic heterocycles. The van der Waals surface area contributed by atoms with Gasteiger partial charge < -0.3 is 15.3 Å². The third-order valence-electron chi connectivity index (χ3n) is 5.54. The van der Waals surface area contributed by atoms with Crippen molar-refractivity contribution in [2.75, 3.05) is 11.9 Å². The lowest BCUT2D eigenvalue weighted by molar-refractivity contribution is 0.103. The van der Waals surface area contributed by atoms with Crippen LogP contribution in [0.3, 0.4) is 0 Å². The van der Waals surface area contributed by atoms with Crippen molar-refractivity contribution in [2.24, 2.45) is 0 Å². The molecule has 2 aromatic carbocycles. The molecule has 5 heteroatoms. The fourth-order valence-corrected chi connectivity index (χ4v) is 4.25. The van der Waals surface area contributed by atoms with E-state index in [1.54, 1.807) is 30.5 Å². The Hall–Kier alpha value is -3.78. The number of para-hydroxylation sites is 2. The number of nitrogens with zero attached hydrogens (tertiary/aromatic N) is 2. The first-order chi connectivity index (χ1) is 13.7. The topological polar surface area (TPSA) is 76.4 Å². The van der Waals surface area contributed by atoms with Crippen molar-refractivity contribution in [1.82, 2.24) is 4.90 Å². The van der Waals surface area contributed by atoms with Gasteiger partial charge in [0.25, 0.3) is 0 Å². The van der Waals surface area contributed by atoms with Crippen LogP contribution in [0.2, 0.25) is 0 Å². The number of hydrogen-bond acceptors (Lipinski definition) is 5. The van der Waals surface area contributed by atoms with E-state index in [1.807, 2.05) is 23.1 Å². The van der Waals surface area contributed by atoms with Gasteiger partial charge >= 0.3 is 0 Å². The van der Waals surface area contributed by atoms with Crippen LogP contribution in [0.25, 0.3) is 0 Å². The van der Waals surface area contributed by atoms with Crippen molar-refractivity contribution in [1.29, 1.82) is 5.26 Å². The molecule has 0 saturated carbocycles. The standard InChI is InChI=1S/C23H17N3O2/c24-12-14-11-15(23(28)18-6-2-4-8-20(18)27)13-26-10-9-17-16-5-1-3-7-19(16)25-21(17)22(14)26/h1-8,11,13,17,25,27H,9-10H2. The SMILES string of the molecule is N#CC1=CC(C(=O)c2ccccc2O)=CN2CCC3C(=C12)Nc1ccccc13. The first kappa shape index (κ1) is 16.4. The molecule has 3 aliphatic heterocycles. The average Bonchev–Trinajstić information content (AvgIpc) is 3.11. The number of carbonyl (C=O) groups is 1. The van der Waals surface area contributed by atoms with E-state index in [-0.39, 0.29) is 23.0 Å². The molecule has 0 fully saturated rings. The second-order valence-corrected chi connectivity index (χ2v) is 7.11. The monoisotopic (exact) mass is 367 g/mol. The second-order valence-electron chi connectivity index (χ2n) is 7.11. The Balaban J connectivity index is 1.58. The molecule has 1 atom stereocenters. The van der Waals surface area contributed by atoms with Crippen molar-refractivity contribution in [2.45, 2.75) is 12.3 Å². The molecule has 0 saturated heterocycles. The highest BCUT2D eigenvalue weighted by Crippen LogP contribution is 2.47. The summed E-state index contributed by atoms with van der Waals surface area (Å²) in [7, 11) is 0. The van der Waals surface area contributed by atoms with Crippen LogP contribution < -0.4 is 5.32 Å². The summed E-state index contributed by atoms with van der Waals surface area (Å²) in [5, 5.41) is 23.3. The molecule has 0 radical (unpaired) electrons. The number of benzene rings is 2. The maximum Gasteiger partial charge on any atom is 0.198 e. The molecule has 0 aliphatic carbocycles. The van der Waals surface area contributed by atoms with E-state index in [9.17, 15) is 15.2 Å². The number of anilines is 1. The number of hydrogen-bond donors (Lipinski definition) is 2. The van der Waals surface area contributed by atoms with Crippen molar-refractivity contribution in [3.8, 4) is 11.8 Å². The van der Waals surface area contributed by atoms with Gasteiger partial charge in [-0.15, -0.1) is 0 Å². The summed E-state index contributed by atoms with van der Waals surface area (Å²) in [6.07, 6.45) is 4.32. The molecule has 2 aromatic rings. The molecule has 5 rings (SSSR count). The molecule has 0 bridgehead atoms. The molecular formula is C23H17N3O2. The van der Waals surface area contributed by atoms with Gasteiger partial charge in [0.1, 0.15) is 11.8 Å². The number of rotatable bonds is 2. The van der Waals surface area contributed by atoms with Crippen LogP contribution in [-0.4, -0.2) is 22.3 Å². The summed E-state index contributed by atoms with van der Waals surface area (Å²) < 4.78 is 0. The van der Waals surface area contributed by atoms with E-state index in [1.165, 1.54) is 11.6 Å². The number of Topliss-reactive ketones (excluding diaryl/α,β-unsaturated/α-hetero) is 1. The van der Waals surface area contributed by atoms with Crippen LogP contribution in [0.15, 0.2) is 83.3 Å². The minimum Gasteiger partial charge on any atom is -0.507 e. The highest BCUT2D eigenvalue weighted by molar-refractivity contribution is 6.12. The van der Waals surface area contributed by atoms with Crippen LogP contribution in [0, 0.1) is 11.3 Å². The lowest BCUT2D eigenvalue weighted by atomic mass is 9.87. The summed E-state index contributed by atoms with van der Waals surface area (Å²) in [4.78, 5) is 14.9. The normalized spacial score (nSPS) is 19.5. The van der Waals surface area contributed by atoms with E-state index in [0.717, 1.165) is 30.0 Å². The van der Waals surface area contributed by atoms with Crippen LogP contribution >= 0.6 is 0 Å². The molecule has 2 N–H and O–H groups in total. The zero-order chi connectivity index (χ0) is 19.3. The Labute approximate surface area is 162 Å². The number of fused-ring (bicyclic) bond motifs is 4. The van der Waals surface area contributed by atoms with Crippen molar-refractivity contribution >= 4 is 11.5 Å². The van der Waals surface area contributed by atoms with E-state index < -0.39 is 0 Å². The van der Waals surface area contributed by atoms with Gasteiger partial charge in [-0.3, -0.25) is 4.79 Å². The van der Waals surface area contributed by atoms with Gasteiger partial charge in [-0.05, 0) is 36.3 Å². The summed E-state index contributed by atoms with van der Waals surface area (Å²) in [5.74, 6) is -0.112. The van der Waals surface area contributed by atoms with Gasteiger partial charge in [0.05, 0.1) is 16.8 Å². The smallest absolute Gasteiger partial charge is 0.198 e. The van der Waals surface area contributed by atoms with E-state index in [2.05, 4.69) is 17.5 Å². The number of phenolic OH excluding ortho intramolecular Hbond substituents is 1. The molecule has 28 heavy (non-hydrogen) atoms. The summed E-state index contributed by atoms with van der Waals surface area (Å²) in [6, 6.07) is 16.9. The Morgan fingerprint density at radius 2 is 1.96 bits per heavy atom. The average molecular weight is 367 g/mol.